The standard InChI is InChI=1S/C26H32O4/c1-15-8-11-20(17-9-10-17)23(22(15)24(25(27)28)30-26(3,4)5)19-12-13-21-18(16(19)2)7-6-14-29-21/h8,11-13,17,24H,6-7,9-10,14H2,1-5H3,(H,27,28)/t24-/m0/s1. The number of hydrogen-bond acceptors (Lipinski definition) is 3. The van der Waals surface area contributed by atoms with E-state index in [-0.39, 0.29) is 0 Å². The largest absolute Gasteiger partial charge is 0.493 e. The summed E-state index contributed by atoms with van der Waals surface area (Å²) < 4.78 is 12.0. The molecule has 2 aliphatic rings. The van der Waals surface area contributed by atoms with Crippen LogP contribution >= 0.6 is 0 Å². The van der Waals surface area contributed by atoms with E-state index >= 15 is 0 Å². The average molecular weight is 409 g/mol. The van der Waals surface area contributed by atoms with Crippen LogP contribution in [0.2, 0.25) is 0 Å². The molecule has 2 aromatic carbocycles. The molecule has 1 fully saturated rings. The fourth-order valence-corrected chi connectivity index (χ4v) is 4.58. The second-order valence-electron chi connectivity index (χ2n) is 9.65. The molecule has 0 spiro atoms. The molecule has 1 N–H and O–H groups in total. The number of carbonyl (C=O) groups is 1. The zero-order valence-corrected chi connectivity index (χ0v) is 18.7. The maximum atomic E-state index is 12.4. The quantitative estimate of drug-likeness (QED) is 0.648. The highest BCUT2D eigenvalue weighted by atomic mass is 16.5. The Morgan fingerprint density at radius 1 is 1.17 bits per heavy atom. The van der Waals surface area contributed by atoms with Crippen molar-refractivity contribution in [3.8, 4) is 16.9 Å². The van der Waals surface area contributed by atoms with E-state index in [1.807, 2.05) is 27.7 Å². The maximum absolute atomic E-state index is 12.4. The number of aliphatic carboxylic acids is 1. The van der Waals surface area contributed by atoms with Crippen LogP contribution in [0.15, 0.2) is 24.3 Å². The molecule has 0 bridgehead atoms. The number of ether oxygens (including phenoxy) is 2. The van der Waals surface area contributed by atoms with Gasteiger partial charge in [0.1, 0.15) is 5.75 Å². The summed E-state index contributed by atoms with van der Waals surface area (Å²) in [5, 5.41) is 10.1. The highest BCUT2D eigenvalue weighted by Crippen LogP contribution is 2.49. The first-order valence-corrected chi connectivity index (χ1v) is 11.0. The SMILES string of the molecule is Cc1ccc(C2CC2)c(-c2ccc3c(c2C)CCCO3)c1[C@H](OC(C)(C)C)C(=O)O. The third-order valence-corrected chi connectivity index (χ3v) is 6.12. The van der Waals surface area contributed by atoms with Gasteiger partial charge in [-0.05, 0) is 106 Å². The van der Waals surface area contributed by atoms with Crippen molar-refractivity contribution in [2.75, 3.05) is 6.61 Å². The van der Waals surface area contributed by atoms with Crippen LogP contribution in [0.4, 0.5) is 0 Å². The molecule has 30 heavy (non-hydrogen) atoms. The molecule has 2 aromatic rings. The number of fused-ring (bicyclic) bond motifs is 1. The third kappa shape index (κ3) is 3.98. The van der Waals surface area contributed by atoms with Gasteiger partial charge in [0.15, 0.2) is 6.10 Å². The molecular formula is C26H32O4. The van der Waals surface area contributed by atoms with Crippen molar-refractivity contribution in [3.63, 3.8) is 0 Å². The van der Waals surface area contributed by atoms with E-state index in [4.69, 9.17) is 9.47 Å². The fraction of sp³-hybridized carbons (Fsp3) is 0.500. The lowest BCUT2D eigenvalue weighted by Gasteiger charge is -2.30. The van der Waals surface area contributed by atoms with Crippen LogP contribution in [-0.2, 0) is 16.0 Å². The topological polar surface area (TPSA) is 55.8 Å². The minimum Gasteiger partial charge on any atom is -0.493 e. The van der Waals surface area contributed by atoms with Gasteiger partial charge < -0.3 is 14.6 Å². The van der Waals surface area contributed by atoms with Crippen molar-refractivity contribution in [1.29, 1.82) is 0 Å². The van der Waals surface area contributed by atoms with Gasteiger partial charge in [0, 0.05) is 5.56 Å². The highest BCUT2D eigenvalue weighted by molar-refractivity contribution is 5.84. The van der Waals surface area contributed by atoms with Crippen LogP contribution < -0.4 is 4.74 Å². The van der Waals surface area contributed by atoms with Gasteiger partial charge in [0.25, 0.3) is 0 Å². The monoisotopic (exact) mass is 408 g/mol. The maximum Gasteiger partial charge on any atom is 0.337 e. The summed E-state index contributed by atoms with van der Waals surface area (Å²) in [7, 11) is 0. The number of benzene rings is 2. The van der Waals surface area contributed by atoms with E-state index in [1.165, 1.54) is 16.7 Å². The molecule has 4 heteroatoms. The molecule has 1 saturated carbocycles. The summed E-state index contributed by atoms with van der Waals surface area (Å²) in [6.45, 7) is 10.6. The summed E-state index contributed by atoms with van der Waals surface area (Å²) in [6.07, 6.45) is 3.31. The lowest BCUT2D eigenvalue weighted by molar-refractivity contribution is -0.160. The molecule has 1 heterocycles. The summed E-state index contributed by atoms with van der Waals surface area (Å²) in [4.78, 5) is 12.4. The van der Waals surface area contributed by atoms with Gasteiger partial charge in [0.05, 0.1) is 12.2 Å². The summed E-state index contributed by atoms with van der Waals surface area (Å²) in [5.74, 6) is 0.515. The molecule has 1 atom stereocenters. The lowest BCUT2D eigenvalue weighted by atomic mass is 9.83. The average Bonchev–Trinajstić information content (AvgIpc) is 3.51. The van der Waals surface area contributed by atoms with Crippen molar-refractivity contribution in [2.24, 2.45) is 0 Å². The summed E-state index contributed by atoms with van der Waals surface area (Å²) in [5.41, 5.74) is 7.04. The number of carboxylic acids is 1. The van der Waals surface area contributed by atoms with Crippen molar-refractivity contribution < 1.29 is 19.4 Å². The zero-order valence-electron chi connectivity index (χ0n) is 18.7. The van der Waals surface area contributed by atoms with Crippen molar-refractivity contribution in [3.05, 3.63) is 52.1 Å². The fourth-order valence-electron chi connectivity index (χ4n) is 4.58. The molecule has 0 radical (unpaired) electrons. The van der Waals surface area contributed by atoms with Gasteiger partial charge in [-0.1, -0.05) is 18.2 Å². The molecule has 0 saturated heterocycles. The second-order valence-corrected chi connectivity index (χ2v) is 9.65. The van der Waals surface area contributed by atoms with Gasteiger partial charge in [-0.3, -0.25) is 0 Å². The summed E-state index contributed by atoms with van der Waals surface area (Å²) >= 11 is 0. The minimum absolute atomic E-state index is 0.495. The van der Waals surface area contributed by atoms with E-state index in [0.717, 1.165) is 60.3 Å². The van der Waals surface area contributed by atoms with Crippen molar-refractivity contribution in [1.82, 2.24) is 0 Å². The van der Waals surface area contributed by atoms with E-state index in [2.05, 4.69) is 31.2 Å². The molecule has 1 aliphatic carbocycles. The van der Waals surface area contributed by atoms with E-state index < -0.39 is 17.7 Å². The zero-order chi connectivity index (χ0) is 21.6. The molecular weight excluding hydrogens is 376 g/mol. The molecule has 1 aliphatic heterocycles. The Labute approximate surface area is 179 Å². The normalized spacial score (nSPS) is 17.2. The van der Waals surface area contributed by atoms with E-state index in [1.54, 1.807) is 0 Å². The third-order valence-electron chi connectivity index (χ3n) is 6.12. The van der Waals surface area contributed by atoms with Gasteiger partial charge in [-0.15, -0.1) is 0 Å². The van der Waals surface area contributed by atoms with Crippen molar-refractivity contribution in [2.45, 2.75) is 77.9 Å². The van der Waals surface area contributed by atoms with E-state index in [0.29, 0.717) is 5.92 Å². The van der Waals surface area contributed by atoms with E-state index in [9.17, 15) is 9.90 Å². The second kappa shape index (κ2) is 7.73. The smallest absolute Gasteiger partial charge is 0.337 e. The molecule has 4 rings (SSSR count). The first kappa shape index (κ1) is 20.9. The number of rotatable bonds is 5. The Morgan fingerprint density at radius 2 is 1.90 bits per heavy atom. The molecule has 160 valence electrons. The Kier molecular flexibility index (Phi) is 5.39. The van der Waals surface area contributed by atoms with Crippen molar-refractivity contribution >= 4 is 5.97 Å². The Hall–Kier alpha value is -2.33. The highest BCUT2D eigenvalue weighted by Gasteiger charge is 2.35. The van der Waals surface area contributed by atoms with Crippen LogP contribution in [0, 0.1) is 13.8 Å². The van der Waals surface area contributed by atoms with Crippen LogP contribution in [0.5, 0.6) is 5.75 Å². The molecule has 0 amide bonds. The van der Waals surface area contributed by atoms with Gasteiger partial charge in [-0.25, -0.2) is 4.79 Å². The Bertz CT molecular complexity index is 980. The van der Waals surface area contributed by atoms with Crippen LogP contribution in [-0.4, -0.2) is 23.3 Å². The molecule has 4 nitrogen and oxygen atoms in total. The first-order valence-electron chi connectivity index (χ1n) is 11.0. The Balaban J connectivity index is 1.97. The predicted molar refractivity (Wildman–Crippen MR) is 118 cm³/mol. The number of hydrogen-bond donors (Lipinski definition) is 1. The summed E-state index contributed by atoms with van der Waals surface area (Å²) in [6, 6.07) is 8.42. The lowest BCUT2D eigenvalue weighted by Crippen LogP contribution is -2.28. The van der Waals surface area contributed by atoms with Gasteiger partial charge in [0.2, 0.25) is 0 Å². The first-order chi connectivity index (χ1) is 14.2. The van der Waals surface area contributed by atoms with Gasteiger partial charge >= 0.3 is 5.97 Å². The Morgan fingerprint density at radius 3 is 2.53 bits per heavy atom. The molecule has 0 unspecified atom stereocenters. The molecule has 0 aromatic heterocycles. The number of aryl methyl sites for hydroxylation is 1. The number of carboxylic acid groups (broad SMARTS) is 1. The van der Waals surface area contributed by atoms with Crippen LogP contribution in [0.25, 0.3) is 11.1 Å². The van der Waals surface area contributed by atoms with Gasteiger partial charge in [-0.2, -0.15) is 0 Å². The predicted octanol–water partition coefficient (Wildman–Crippen LogP) is 6.11. The minimum atomic E-state index is -1.01. The van der Waals surface area contributed by atoms with Crippen LogP contribution in [0.1, 0.15) is 79.9 Å². The van der Waals surface area contributed by atoms with Crippen LogP contribution in [0.3, 0.4) is 0 Å².